The molecule has 5 nitrogen and oxygen atoms in total. The summed E-state index contributed by atoms with van der Waals surface area (Å²) < 4.78 is 26.5. The third kappa shape index (κ3) is 3.52. The molecule has 0 amide bonds. The van der Waals surface area contributed by atoms with Crippen LogP contribution in [-0.2, 0) is 16.6 Å². The molecule has 1 atom stereocenters. The smallest absolute Gasteiger partial charge is 0.215 e. The molecule has 1 aliphatic heterocycles. The highest BCUT2D eigenvalue weighted by atomic mass is 32.2. The molecule has 0 bridgehead atoms. The van der Waals surface area contributed by atoms with E-state index in [9.17, 15) is 8.42 Å². The van der Waals surface area contributed by atoms with Crippen molar-refractivity contribution in [3.63, 3.8) is 0 Å². The number of rotatable bonds is 5. The third-order valence-electron chi connectivity index (χ3n) is 3.52. The molecular formula is C13H21N3O2S. The lowest BCUT2D eigenvalue weighted by molar-refractivity contribution is 0.330. The molecule has 0 unspecified atom stereocenters. The highest BCUT2D eigenvalue weighted by Gasteiger charge is 2.32. The van der Waals surface area contributed by atoms with Crippen LogP contribution in [0.1, 0.15) is 24.6 Å². The zero-order valence-electron chi connectivity index (χ0n) is 11.5. The van der Waals surface area contributed by atoms with Gasteiger partial charge in [-0.1, -0.05) is 13.0 Å². The van der Waals surface area contributed by atoms with Crippen LogP contribution in [-0.4, -0.2) is 43.2 Å². The summed E-state index contributed by atoms with van der Waals surface area (Å²) in [7, 11) is -3.15. The van der Waals surface area contributed by atoms with Gasteiger partial charge in [0.2, 0.25) is 10.0 Å². The van der Waals surface area contributed by atoms with Crippen molar-refractivity contribution in [2.45, 2.75) is 32.1 Å². The monoisotopic (exact) mass is 283 g/mol. The van der Waals surface area contributed by atoms with E-state index in [2.05, 4.69) is 20.7 Å². The van der Waals surface area contributed by atoms with Crippen LogP contribution < -0.4 is 4.72 Å². The first-order valence-corrected chi connectivity index (χ1v) is 8.19. The van der Waals surface area contributed by atoms with Gasteiger partial charge in [0.1, 0.15) is 0 Å². The van der Waals surface area contributed by atoms with Crippen molar-refractivity contribution in [3.8, 4) is 0 Å². The lowest BCUT2D eigenvalue weighted by Gasteiger charge is -2.17. The highest BCUT2D eigenvalue weighted by Crippen LogP contribution is 2.19. The first-order chi connectivity index (χ1) is 9.03. The Morgan fingerprint density at radius 2 is 2.32 bits per heavy atom. The Labute approximate surface area is 115 Å². The standard InChI is InChI=1S/C13H21N3O2S/c1-3-15-19(17,18)13-6-8-16(10-13)9-12-5-4-7-14-11(12)2/h4-5,7,13,15H,3,6,8-10H2,1-2H3/t13-/m1/s1. The van der Waals surface area contributed by atoms with Crippen LogP contribution >= 0.6 is 0 Å². The minimum atomic E-state index is -3.15. The summed E-state index contributed by atoms with van der Waals surface area (Å²) in [5, 5.41) is -0.288. The van der Waals surface area contributed by atoms with E-state index in [4.69, 9.17) is 0 Å². The average molecular weight is 283 g/mol. The van der Waals surface area contributed by atoms with E-state index in [1.807, 2.05) is 19.9 Å². The molecule has 1 aromatic heterocycles. The normalized spacial score (nSPS) is 20.8. The Balaban J connectivity index is 1.98. The fourth-order valence-electron chi connectivity index (χ4n) is 2.44. The van der Waals surface area contributed by atoms with Crippen molar-refractivity contribution in [2.24, 2.45) is 0 Å². The van der Waals surface area contributed by atoms with Crippen LogP contribution in [0.5, 0.6) is 0 Å². The van der Waals surface area contributed by atoms with Gasteiger partial charge in [0, 0.05) is 31.5 Å². The molecule has 2 heterocycles. The maximum absolute atomic E-state index is 11.9. The van der Waals surface area contributed by atoms with Crippen molar-refractivity contribution >= 4 is 10.0 Å². The molecule has 0 aromatic carbocycles. The van der Waals surface area contributed by atoms with Gasteiger partial charge < -0.3 is 0 Å². The maximum atomic E-state index is 11.9. The molecule has 6 heteroatoms. The van der Waals surface area contributed by atoms with Crippen molar-refractivity contribution in [2.75, 3.05) is 19.6 Å². The molecule has 1 saturated heterocycles. The van der Waals surface area contributed by atoms with Crippen molar-refractivity contribution < 1.29 is 8.42 Å². The van der Waals surface area contributed by atoms with Gasteiger partial charge in [-0.3, -0.25) is 9.88 Å². The highest BCUT2D eigenvalue weighted by molar-refractivity contribution is 7.90. The fourth-order valence-corrected chi connectivity index (χ4v) is 3.90. The summed E-state index contributed by atoms with van der Waals surface area (Å²) in [6, 6.07) is 3.97. The summed E-state index contributed by atoms with van der Waals surface area (Å²) in [5.74, 6) is 0. The molecule has 0 radical (unpaired) electrons. The van der Waals surface area contributed by atoms with Gasteiger partial charge in [-0.2, -0.15) is 0 Å². The molecular weight excluding hydrogens is 262 g/mol. The van der Waals surface area contributed by atoms with E-state index in [-0.39, 0.29) is 5.25 Å². The van der Waals surface area contributed by atoms with Crippen molar-refractivity contribution in [3.05, 3.63) is 29.6 Å². The predicted molar refractivity (Wildman–Crippen MR) is 75.3 cm³/mol. The van der Waals surface area contributed by atoms with E-state index in [0.717, 1.165) is 18.8 Å². The van der Waals surface area contributed by atoms with Crippen LogP contribution in [0, 0.1) is 6.92 Å². The number of hydrogen-bond donors (Lipinski definition) is 1. The Kier molecular flexibility index (Phi) is 4.54. The molecule has 0 spiro atoms. The van der Waals surface area contributed by atoms with Gasteiger partial charge in [0.25, 0.3) is 0 Å². The first-order valence-electron chi connectivity index (χ1n) is 6.64. The van der Waals surface area contributed by atoms with E-state index in [0.29, 0.717) is 19.5 Å². The van der Waals surface area contributed by atoms with E-state index in [1.54, 1.807) is 6.20 Å². The summed E-state index contributed by atoms with van der Waals surface area (Å²) in [4.78, 5) is 6.45. The molecule has 0 saturated carbocycles. The fraction of sp³-hybridized carbons (Fsp3) is 0.615. The number of likely N-dealkylation sites (tertiary alicyclic amines) is 1. The Bertz CT molecular complexity index is 530. The lowest BCUT2D eigenvalue weighted by atomic mass is 10.2. The van der Waals surface area contributed by atoms with Crippen LogP contribution in [0.3, 0.4) is 0 Å². The van der Waals surface area contributed by atoms with E-state index >= 15 is 0 Å². The van der Waals surface area contributed by atoms with Crippen LogP contribution in [0.2, 0.25) is 0 Å². The van der Waals surface area contributed by atoms with Gasteiger partial charge in [-0.25, -0.2) is 13.1 Å². The summed E-state index contributed by atoms with van der Waals surface area (Å²) in [6.07, 6.45) is 2.48. The van der Waals surface area contributed by atoms with Gasteiger partial charge >= 0.3 is 0 Å². The van der Waals surface area contributed by atoms with Gasteiger partial charge in [0.05, 0.1) is 5.25 Å². The number of aromatic nitrogens is 1. The zero-order valence-corrected chi connectivity index (χ0v) is 12.3. The second-order valence-electron chi connectivity index (χ2n) is 4.94. The molecule has 1 aliphatic rings. The number of sulfonamides is 1. The molecule has 19 heavy (non-hydrogen) atoms. The molecule has 2 rings (SSSR count). The summed E-state index contributed by atoms with van der Waals surface area (Å²) >= 11 is 0. The quantitative estimate of drug-likeness (QED) is 0.872. The van der Waals surface area contributed by atoms with Crippen LogP contribution in [0.15, 0.2) is 18.3 Å². The van der Waals surface area contributed by atoms with E-state index in [1.165, 1.54) is 5.56 Å². The van der Waals surface area contributed by atoms with Crippen LogP contribution in [0.4, 0.5) is 0 Å². The third-order valence-corrected chi connectivity index (χ3v) is 5.48. The Hall–Kier alpha value is -0.980. The Morgan fingerprint density at radius 3 is 3.00 bits per heavy atom. The van der Waals surface area contributed by atoms with Gasteiger partial charge in [-0.15, -0.1) is 0 Å². The number of hydrogen-bond acceptors (Lipinski definition) is 4. The topological polar surface area (TPSA) is 62.3 Å². The predicted octanol–water partition coefficient (Wildman–Crippen LogP) is 0.904. The van der Waals surface area contributed by atoms with Crippen molar-refractivity contribution in [1.29, 1.82) is 0 Å². The first kappa shape index (κ1) is 14.4. The molecule has 106 valence electrons. The lowest BCUT2D eigenvalue weighted by Crippen LogP contribution is -2.36. The average Bonchev–Trinajstić information content (AvgIpc) is 2.81. The number of pyridine rings is 1. The second-order valence-corrected chi connectivity index (χ2v) is 6.98. The van der Waals surface area contributed by atoms with Crippen LogP contribution in [0.25, 0.3) is 0 Å². The Morgan fingerprint density at radius 1 is 1.53 bits per heavy atom. The van der Waals surface area contributed by atoms with Gasteiger partial charge in [0.15, 0.2) is 0 Å². The minimum Gasteiger partial charge on any atom is -0.298 e. The molecule has 0 aliphatic carbocycles. The van der Waals surface area contributed by atoms with E-state index < -0.39 is 10.0 Å². The second kappa shape index (κ2) is 5.98. The summed E-state index contributed by atoms with van der Waals surface area (Å²) in [6.45, 7) is 6.45. The van der Waals surface area contributed by atoms with Crippen molar-refractivity contribution in [1.82, 2.24) is 14.6 Å². The molecule has 1 fully saturated rings. The maximum Gasteiger partial charge on any atom is 0.215 e. The number of nitrogens with one attached hydrogen (secondary N) is 1. The minimum absolute atomic E-state index is 0.288. The molecule has 1 aromatic rings. The molecule has 1 N–H and O–H groups in total. The SMILES string of the molecule is CCNS(=O)(=O)[C@@H]1CCN(Cc2cccnc2C)C1. The van der Waals surface area contributed by atoms with Gasteiger partial charge in [-0.05, 0) is 31.5 Å². The number of aryl methyl sites for hydroxylation is 1. The zero-order chi connectivity index (χ0) is 13.9. The number of nitrogens with zero attached hydrogens (tertiary/aromatic N) is 2. The summed E-state index contributed by atoms with van der Waals surface area (Å²) in [5.41, 5.74) is 2.18. The largest absolute Gasteiger partial charge is 0.298 e.